The summed E-state index contributed by atoms with van der Waals surface area (Å²) in [7, 11) is 0. The first-order chi connectivity index (χ1) is 8.13. The normalized spacial score (nSPS) is 12.7. The van der Waals surface area contributed by atoms with Crippen molar-refractivity contribution in [1.82, 2.24) is 5.43 Å². The van der Waals surface area contributed by atoms with Crippen molar-refractivity contribution < 1.29 is 8.78 Å². The maximum atomic E-state index is 13.7. The maximum absolute atomic E-state index is 13.7. The van der Waals surface area contributed by atoms with Crippen molar-refractivity contribution >= 4 is 11.3 Å². The fourth-order valence-corrected chi connectivity index (χ4v) is 2.52. The number of hydrazine groups is 1. The number of aryl methyl sites for hydroxylation is 1. The zero-order chi connectivity index (χ0) is 12.4. The van der Waals surface area contributed by atoms with E-state index >= 15 is 0 Å². The van der Waals surface area contributed by atoms with Gasteiger partial charge < -0.3 is 0 Å². The molecule has 0 aliphatic carbocycles. The molecule has 2 rings (SSSR count). The lowest BCUT2D eigenvalue weighted by atomic mass is 9.99. The van der Waals surface area contributed by atoms with Gasteiger partial charge >= 0.3 is 0 Å². The lowest BCUT2D eigenvalue weighted by Gasteiger charge is -2.17. The van der Waals surface area contributed by atoms with Crippen LogP contribution in [-0.2, 0) is 0 Å². The number of hydrogen-bond donors (Lipinski definition) is 2. The first kappa shape index (κ1) is 12.2. The van der Waals surface area contributed by atoms with Gasteiger partial charge in [0.25, 0.3) is 0 Å². The molecule has 5 heteroatoms. The van der Waals surface area contributed by atoms with E-state index in [1.807, 2.05) is 18.4 Å². The molecule has 0 aliphatic rings. The zero-order valence-corrected chi connectivity index (χ0v) is 10.0. The average molecular weight is 254 g/mol. The third-order valence-electron chi connectivity index (χ3n) is 2.65. The first-order valence-corrected chi connectivity index (χ1v) is 5.96. The maximum Gasteiger partial charge on any atom is 0.128 e. The predicted molar refractivity (Wildman–Crippen MR) is 64.6 cm³/mol. The minimum atomic E-state index is -0.531. The Balaban J connectivity index is 2.49. The standard InChI is InChI=1S/C12H12F2N2S/c1-7-9(4-5-17-7)12(16-15)10-6-8(13)2-3-11(10)14/h2-6,12,16H,15H2,1H3. The molecule has 90 valence electrons. The number of halogens is 2. The van der Waals surface area contributed by atoms with Gasteiger partial charge in [-0.15, -0.1) is 11.3 Å². The van der Waals surface area contributed by atoms with E-state index in [2.05, 4.69) is 5.43 Å². The summed E-state index contributed by atoms with van der Waals surface area (Å²) in [6.45, 7) is 1.92. The summed E-state index contributed by atoms with van der Waals surface area (Å²) in [4.78, 5) is 1.02. The highest BCUT2D eigenvalue weighted by Crippen LogP contribution is 2.29. The summed E-state index contributed by atoms with van der Waals surface area (Å²) in [5.74, 6) is 4.50. The number of nitrogens with one attached hydrogen (secondary N) is 1. The Bertz CT molecular complexity index is 525. The largest absolute Gasteiger partial charge is 0.271 e. The molecule has 1 unspecified atom stereocenters. The molecule has 2 aromatic rings. The van der Waals surface area contributed by atoms with Crippen LogP contribution in [0.2, 0.25) is 0 Å². The van der Waals surface area contributed by atoms with Crippen molar-refractivity contribution in [2.75, 3.05) is 0 Å². The predicted octanol–water partition coefficient (Wildman–Crippen LogP) is 2.89. The van der Waals surface area contributed by atoms with Gasteiger partial charge in [0, 0.05) is 10.4 Å². The fourth-order valence-electron chi connectivity index (χ4n) is 1.78. The van der Waals surface area contributed by atoms with Gasteiger partial charge in [-0.05, 0) is 42.1 Å². The quantitative estimate of drug-likeness (QED) is 0.653. The number of hydrogen-bond acceptors (Lipinski definition) is 3. The van der Waals surface area contributed by atoms with Crippen LogP contribution in [0.25, 0.3) is 0 Å². The van der Waals surface area contributed by atoms with Gasteiger partial charge in [-0.1, -0.05) is 0 Å². The van der Waals surface area contributed by atoms with Crippen molar-refractivity contribution in [3.63, 3.8) is 0 Å². The van der Waals surface area contributed by atoms with E-state index in [9.17, 15) is 8.78 Å². The minimum absolute atomic E-state index is 0.217. The monoisotopic (exact) mass is 254 g/mol. The molecule has 0 saturated carbocycles. The highest BCUT2D eigenvalue weighted by molar-refractivity contribution is 7.10. The van der Waals surface area contributed by atoms with Gasteiger partial charge in [0.1, 0.15) is 11.6 Å². The highest BCUT2D eigenvalue weighted by Gasteiger charge is 2.19. The molecule has 0 radical (unpaired) electrons. The SMILES string of the molecule is Cc1sccc1C(NN)c1cc(F)ccc1F. The second-order valence-electron chi connectivity index (χ2n) is 3.70. The van der Waals surface area contributed by atoms with Gasteiger partial charge in [-0.3, -0.25) is 5.84 Å². The Hall–Kier alpha value is -1.30. The van der Waals surface area contributed by atoms with Crippen molar-refractivity contribution in [2.45, 2.75) is 13.0 Å². The van der Waals surface area contributed by atoms with Crippen LogP contribution in [0, 0.1) is 18.6 Å². The molecule has 3 N–H and O–H groups in total. The Morgan fingerprint density at radius 2 is 2.00 bits per heavy atom. The highest BCUT2D eigenvalue weighted by atomic mass is 32.1. The number of benzene rings is 1. The van der Waals surface area contributed by atoms with Gasteiger partial charge in [0.15, 0.2) is 0 Å². The van der Waals surface area contributed by atoms with Crippen LogP contribution >= 0.6 is 11.3 Å². The van der Waals surface area contributed by atoms with Crippen LogP contribution < -0.4 is 11.3 Å². The molecule has 0 saturated heterocycles. The van der Waals surface area contributed by atoms with Crippen LogP contribution in [0.3, 0.4) is 0 Å². The van der Waals surface area contributed by atoms with Crippen LogP contribution in [-0.4, -0.2) is 0 Å². The van der Waals surface area contributed by atoms with E-state index in [-0.39, 0.29) is 5.56 Å². The van der Waals surface area contributed by atoms with Gasteiger partial charge in [-0.25, -0.2) is 14.2 Å². The molecule has 0 aliphatic heterocycles. The van der Waals surface area contributed by atoms with E-state index in [0.29, 0.717) is 0 Å². The number of thiophene rings is 1. The third kappa shape index (κ3) is 2.36. The molecule has 0 fully saturated rings. The second-order valence-corrected chi connectivity index (χ2v) is 4.82. The molecule has 0 bridgehead atoms. The molecule has 0 spiro atoms. The molecule has 0 amide bonds. The zero-order valence-electron chi connectivity index (χ0n) is 9.21. The molecule has 1 heterocycles. The van der Waals surface area contributed by atoms with E-state index in [1.54, 1.807) is 11.3 Å². The van der Waals surface area contributed by atoms with Gasteiger partial charge in [-0.2, -0.15) is 0 Å². The Morgan fingerprint density at radius 1 is 1.24 bits per heavy atom. The van der Waals surface area contributed by atoms with Crippen LogP contribution in [0.5, 0.6) is 0 Å². The van der Waals surface area contributed by atoms with E-state index in [1.165, 1.54) is 0 Å². The van der Waals surface area contributed by atoms with E-state index in [0.717, 1.165) is 28.6 Å². The van der Waals surface area contributed by atoms with E-state index < -0.39 is 17.7 Å². The number of rotatable bonds is 3. The molecule has 1 aromatic heterocycles. The lowest BCUT2D eigenvalue weighted by Crippen LogP contribution is -2.29. The average Bonchev–Trinajstić information content (AvgIpc) is 2.71. The molecular weight excluding hydrogens is 242 g/mol. The van der Waals surface area contributed by atoms with E-state index in [4.69, 9.17) is 5.84 Å². The third-order valence-corrected chi connectivity index (χ3v) is 3.51. The summed E-state index contributed by atoms with van der Waals surface area (Å²) in [5, 5.41) is 1.90. The van der Waals surface area contributed by atoms with Crippen molar-refractivity contribution in [3.05, 3.63) is 57.3 Å². The van der Waals surface area contributed by atoms with Crippen molar-refractivity contribution in [2.24, 2.45) is 5.84 Å². The fraction of sp³-hybridized carbons (Fsp3) is 0.167. The molecule has 1 aromatic carbocycles. The Morgan fingerprint density at radius 3 is 2.59 bits per heavy atom. The smallest absolute Gasteiger partial charge is 0.128 e. The molecule has 1 atom stereocenters. The summed E-state index contributed by atoms with van der Waals surface area (Å²) >= 11 is 1.54. The van der Waals surface area contributed by atoms with Crippen LogP contribution in [0.15, 0.2) is 29.6 Å². The van der Waals surface area contributed by atoms with Crippen LogP contribution in [0.1, 0.15) is 22.0 Å². The summed E-state index contributed by atoms with van der Waals surface area (Å²) in [6, 6.07) is 4.69. The Labute approximate surface area is 102 Å². The molecule has 17 heavy (non-hydrogen) atoms. The van der Waals surface area contributed by atoms with Crippen molar-refractivity contribution in [1.29, 1.82) is 0 Å². The van der Waals surface area contributed by atoms with Crippen LogP contribution in [0.4, 0.5) is 8.78 Å². The topological polar surface area (TPSA) is 38.0 Å². The van der Waals surface area contributed by atoms with Gasteiger partial charge in [0.2, 0.25) is 0 Å². The van der Waals surface area contributed by atoms with Gasteiger partial charge in [0.05, 0.1) is 6.04 Å². The molecule has 2 nitrogen and oxygen atoms in total. The van der Waals surface area contributed by atoms with Crippen molar-refractivity contribution in [3.8, 4) is 0 Å². The minimum Gasteiger partial charge on any atom is -0.271 e. The summed E-state index contributed by atoms with van der Waals surface area (Å²) in [6.07, 6.45) is 0. The summed E-state index contributed by atoms with van der Waals surface area (Å²) in [5.41, 5.74) is 3.61. The summed E-state index contributed by atoms with van der Waals surface area (Å²) < 4.78 is 26.8. The Kier molecular flexibility index (Phi) is 3.51. The second kappa shape index (κ2) is 4.91. The molecular formula is C12H12F2N2S. The lowest BCUT2D eigenvalue weighted by molar-refractivity contribution is 0.545. The first-order valence-electron chi connectivity index (χ1n) is 5.08. The number of nitrogens with two attached hydrogens (primary N) is 1.